The van der Waals surface area contributed by atoms with Gasteiger partial charge in [-0.15, -0.1) is 10.2 Å². The summed E-state index contributed by atoms with van der Waals surface area (Å²) in [5.41, 5.74) is 6.30. The second-order valence-corrected chi connectivity index (χ2v) is 8.06. The van der Waals surface area contributed by atoms with E-state index < -0.39 is 0 Å². The van der Waals surface area contributed by atoms with Crippen LogP contribution in [0.4, 0.5) is 0 Å². The normalized spacial score (nSPS) is 18.0. The highest BCUT2D eigenvalue weighted by atomic mass is 35.5. The number of ether oxygens (including phenoxy) is 3. The minimum Gasteiger partial charge on any atom is -0.454 e. The van der Waals surface area contributed by atoms with Crippen molar-refractivity contribution in [2.45, 2.75) is 49.2 Å². The molecule has 0 aliphatic carbocycles. The van der Waals surface area contributed by atoms with Crippen LogP contribution in [0.2, 0.25) is 5.02 Å². The van der Waals surface area contributed by atoms with Crippen molar-refractivity contribution < 1.29 is 19.0 Å². The van der Waals surface area contributed by atoms with Crippen LogP contribution in [0.25, 0.3) is 0 Å². The highest BCUT2D eigenvalue weighted by Gasteiger charge is 2.22. The molecule has 1 fully saturated rings. The quantitative estimate of drug-likeness (QED) is 0.649. The smallest absolute Gasteiger partial charge is 0.231 e. The molecule has 1 aromatic carbocycles. The maximum Gasteiger partial charge on any atom is 0.231 e. The Hall–Kier alpha value is -1.97. The number of primary amides is 1. The first kappa shape index (κ1) is 19.4. The van der Waals surface area contributed by atoms with Crippen LogP contribution in [0, 0.1) is 0 Å². The number of halogens is 1. The third kappa shape index (κ3) is 4.37. The van der Waals surface area contributed by atoms with Crippen LogP contribution >= 0.6 is 23.4 Å². The van der Waals surface area contributed by atoms with E-state index in [0.717, 1.165) is 36.0 Å². The fraction of sp³-hybridized carbons (Fsp3) is 0.500. The Balaban J connectivity index is 1.50. The van der Waals surface area contributed by atoms with E-state index in [1.807, 2.05) is 16.7 Å². The molecule has 0 radical (unpaired) electrons. The molecular weight excluding hydrogens is 404 g/mol. The van der Waals surface area contributed by atoms with Gasteiger partial charge in [-0.1, -0.05) is 23.4 Å². The summed E-state index contributed by atoms with van der Waals surface area (Å²) in [5, 5.41) is 9.92. The van der Waals surface area contributed by atoms with E-state index in [9.17, 15) is 4.79 Å². The second-order valence-electron chi connectivity index (χ2n) is 6.71. The first-order valence-electron chi connectivity index (χ1n) is 9.13. The zero-order chi connectivity index (χ0) is 19.5. The van der Waals surface area contributed by atoms with Crippen molar-refractivity contribution in [3.8, 4) is 11.5 Å². The van der Waals surface area contributed by atoms with Crippen LogP contribution < -0.4 is 15.2 Å². The molecule has 2 aliphatic rings. The molecule has 10 heteroatoms. The predicted molar refractivity (Wildman–Crippen MR) is 104 cm³/mol. The Labute approximate surface area is 171 Å². The molecule has 2 aliphatic heterocycles. The molecule has 0 unspecified atom stereocenters. The highest BCUT2D eigenvalue weighted by Crippen LogP contribution is 2.40. The summed E-state index contributed by atoms with van der Waals surface area (Å²) in [5.74, 6) is 2.30. The van der Waals surface area contributed by atoms with Gasteiger partial charge in [-0.3, -0.25) is 4.79 Å². The molecule has 2 aromatic rings. The highest BCUT2D eigenvalue weighted by molar-refractivity contribution is 7.98. The summed E-state index contributed by atoms with van der Waals surface area (Å²) < 4.78 is 18.6. The van der Waals surface area contributed by atoms with Crippen LogP contribution in [0.1, 0.15) is 30.7 Å². The van der Waals surface area contributed by atoms with Gasteiger partial charge in [0.05, 0.1) is 17.7 Å². The number of carbonyl (C=O) groups excluding carboxylic acids is 1. The van der Waals surface area contributed by atoms with Gasteiger partial charge >= 0.3 is 0 Å². The van der Waals surface area contributed by atoms with E-state index >= 15 is 0 Å². The summed E-state index contributed by atoms with van der Waals surface area (Å²) in [6.07, 6.45) is 2.91. The number of aryl methyl sites for hydroxylation is 1. The lowest BCUT2D eigenvalue weighted by molar-refractivity contribution is -0.118. The van der Waals surface area contributed by atoms with Crippen LogP contribution in [-0.2, 0) is 28.2 Å². The van der Waals surface area contributed by atoms with E-state index in [2.05, 4.69) is 10.2 Å². The van der Waals surface area contributed by atoms with Gasteiger partial charge in [0.25, 0.3) is 0 Å². The Bertz CT molecular complexity index is 870. The number of hydrogen-bond donors (Lipinski definition) is 1. The molecule has 28 heavy (non-hydrogen) atoms. The summed E-state index contributed by atoms with van der Waals surface area (Å²) in [4.78, 5) is 11.2. The van der Waals surface area contributed by atoms with Crippen molar-refractivity contribution in [3.63, 3.8) is 0 Å². The van der Waals surface area contributed by atoms with Gasteiger partial charge < -0.3 is 24.5 Å². The lowest BCUT2D eigenvalue weighted by atomic mass is 10.2. The van der Waals surface area contributed by atoms with Crippen molar-refractivity contribution in [1.82, 2.24) is 14.8 Å². The third-order valence-electron chi connectivity index (χ3n) is 4.65. The van der Waals surface area contributed by atoms with Crippen molar-refractivity contribution in [3.05, 3.63) is 28.5 Å². The van der Waals surface area contributed by atoms with E-state index in [1.165, 1.54) is 0 Å². The largest absolute Gasteiger partial charge is 0.454 e. The Morgan fingerprint density at radius 2 is 2.25 bits per heavy atom. The number of benzene rings is 1. The van der Waals surface area contributed by atoms with E-state index in [4.69, 9.17) is 31.5 Å². The number of nitrogens with two attached hydrogens (primary N) is 1. The van der Waals surface area contributed by atoms with Gasteiger partial charge in [-0.2, -0.15) is 0 Å². The SMILES string of the molecule is NC(=O)CCc1nnc(SCc2cc(Cl)c3c(c2)OCO3)n1C[C@H]1CCCO1. The number of hydrogen-bond acceptors (Lipinski definition) is 7. The van der Waals surface area contributed by atoms with Gasteiger partial charge in [-0.25, -0.2) is 0 Å². The molecule has 4 rings (SSSR count). The van der Waals surface area contributed by atoms with Crippen molar-refractivity contribution in [2.24, 2.45) is 5.73 Å². The van der Waals surface area contributed by atoms with Crippen LogP contribution in [-0.4, -0.2) is 40.2 Å². The average Bonchev–Trinajstić information content (AvgIpc) is 3.40. The summed E-state index contributed by atoms with van der Waals surface area (Å²) in [7, 11) is 0. The standard InChI is InChI=1S/C18H21ClN4O4S/c19-13-6-11(7-14-17(13)27-10-26-14)9-28-18-22-21-16(4-3-15(20)24)23(18)8-12-2-1-5-25-12/h6-7,12H,1-5,8-10H2,(H2,20,24)/t12-/m1/s1. The summed E-state index contributed by atoms with van der Waals surface area (Å²) in [6.45, 7) is 1.64. The molecule has 3 heterocycles. The summed E-state index contributed by atoms with van der Waals surface area (Å²) >= 11 is 7.82. The van der Waals surface area contributed by atoms with Crippen LogP contribution in [0.5, 0.6) is 11.5 Å². The molecular formula is C18H21ClN4O4S. The lowest BCUT2D eigenvalue weighted by Gasteiger charge is -2.14. The molecule has 1 aromatic heterocycles. The maximum atomic E-state index is 11.2. The lowest BCUT2D eigenvalue weighted by Crippen LogP contribution is -2.19. The monoisotopic (exact) mass is 424 g/mol. The molecule has 0 saturated carbocycles. The molecule has 2 N–H and O–H groups in total. The van der Waals surface area contributed by atoms with Crippen LogP contribution in [0.15, 0.2) is 17.3 Å². The summed E-state index contributed by atoms with van der Waals surface area (Å²) in [6, 6.07) is 3.80. The van der Waals surface area contributed by atoms with Gasteiger partial charge in [0.15, 0.2) is 16.7 Å². The van der Waals surface area contributed by atoms with Crippen molar-refractivity contribution in [2.75, 3.05) is 13.4 Å². The van der Waals surface area contributed by atoms with Gasteiger partial charge in [0.1, 0.15) is 5.82 Å². The topological polar surface area (TPSA) is 101 Å². The Kier molecular flexibility index (Phi) is 5.93. The van der Waals surface area contributed by atoms with E-state index in [1.54, 1.807) is 11.8 Å². The Morgan fingerprint density at radius 3 is 3.04 bits per heavy atom. The number of fused-ring (bicyclic) bond motifs is 1. The fourth-order valence-electron chi connectivity index (χ4n) is 3.27. The molecule has 8 nitrogen and oxygen atoms in total. The zero-order valence-electron chi connectivity index (χ0n) is 15.2. The minimum atomic E-state index is -0.351. The molecule has 1 saturated heterocycles. The van der Waals surface area contributed by atoms with E-state index in [0.29, 0.717) is 35.2 Å². The van der Waals surface area contributed by atoms with Crippen LogP contribution in [0.3, 0.4) is 0 Å². The first-order chi connectivity index (χ1) is 13.6. The van der Waals surface area contributed by atoms with Gasteiger partial charge in [0, 0.05) is 25.2 Å². The number of amides is 1. The average molecular weight is 425 g/mol. The number of rotatable bonds is 8. The zero-order valence-corrected chi connectivity index (χ0v) is 16.8. The first-order valence-corrected chi connectivity index (χ1v) is 10.5. The minimum absolute atomic E-state index is 0.141. The van der Waals surface area contributed by atoms with Gasteiger partial charge in [-0.05, 0) is 30.5 Å². The Morgan fingerprint density at radius 1 is 1.36 bits per heavy atom. The van der Waals surface area contributed by atoms with Crippen molar-refractivity contribution in [1.29, 1.82) is 0 Å². The third-order valence-corrected chi connectivity index (χ3v) is 5.97. The molecule has 0 bridgehead atoms. The molecule has 1 amide bonds. The predicted octanol–water partition coefficient (Wildman–Crippen LogP) is 2.55. The van der Waals surface area contributed by atoms with E-state index in [-0.39, 0.29) is 25.2 Å². The number of aromatic nitrogens is 3. The van der Waals surface area contributed by atoms with Crippen molar-refractivity contribution >= 4 is 29.3 Å². The molecule has 150 valence electrons. The fourth-order valence-corrected chi connectivity index (χ4v) is 4.46. The maximum absolute atomic E-state index is 11.2. The molecule has 0 spiro atoms. The number of carbonyl (C=O) groups is 1. The van der Waals surface area contributed by atoms with Gasteiger partial charge in [0.2, 0.25) is 12.7 Å². The number of nitrogens with zero attached hydrogens (tertiary/aromatic N) is 3. The number of thioether (sulfide) groups is 1. The second kappa shape index (κ2) is 8.59. The molecule has 1 atom stereocenters.